The molecular weight excluding hydrogens is 348 g/mol. The lowest BCUT2D eigenvalue weighted by atomic mass is 9.97. The Labute approximate surface area is 167 Å². The number of likely N-dealkylation sites (N-methyl/N-ethyl adjacent to an activating group) is 1. The lowest BCUT2D eigenvalue weighted by molar-refractivity contribution is 0.102. The number of piperazine rings is 1. The van der Waals surface area contributed by atoms with E-state index in [1.807, 2.05) is 24.3 Å². The first-order chi connectivity index (χ1) is 13.7. The standard InChI is InChI=1S/C23H30N4O/c1-2-26-13-15-27(16-14-26)17-18-8-10-19(11-9-18)25-23(28)21-5-3-7-22-20(21)6-4-12-24-22/h3,5,7-11,24H,2,4,6,12-17H2,1H3,(H,25,28). The summed E-state index contributed by atoms with van der Waals surface area (Å²) >= 11 is 0. The molecule has 28 heavy (non-hydrogen) atoms. The van der Waals surface area contributed by atoms with Gasteiger partial charge >= 0.3 is 0 Å². The zero-order chi connectivity index (χ0) is 19.3. The van der Waals surface area contributed by atoms with Crippen molar-refractivity contribution in [1.82, 2.24) is 9.80 Å². The number of rotatable bonds is 5. The molecule has 0 saturated carbocycles. The molecule has 1 fully saturated rings. The average molecular weight is 379 g/mol. The monoisotopic (exact) mass is 378 g/mol. The van der Waals surface area contributed by atoms with E-state index >= 15 is 0 Å². The maximum Gasteiger partial charge on any atom is 0.256 e. The van der Waals surface area contributed by atoms with Crippen molar-refractivity contribution < 1.29 is 4.79 Å². The molecule has 0 bridgehead atoms. The molecule has 2 aliphatic heterocycles. The van der Waals surface area contributed by atoms with Crippen molar-refractivity contribution in [2.75, 3.05) is 49.9 Å². The van der Waals surface area contributed by atoms with Gasteiger partial charge in [-0.1, -0.05) is 25.1 Å². The van der Waals surface area contributed by atoms with Crippen LogP contribution < -0.4 is 10.6 Å². The van der Waals surface area contributed by atoms with Crippen LogP contribution in [0.3, 0.4) is 0 Å². The fourth-order valence-corrected chi connectivity index (χ4v) is 4.14. The summed E-state index contributed by atoms with van der Waals surface area (Å²) in [5, 5.41) is 6.45. The number of hydrogen-bond acceptors (Lipinski definition) is 4. The second-order valence-corrected chi connectivity index (χ2v) is 7.72. The SMILES string of the molecule is CCN1CCN(Cc2ccc(NC(=O)c3cccc4c3CCCN4)cc2)CC1. The summed E-state index contributed by atoms with van der Waals surface area (Å²) in [4.78, 5) is 17.8. The molecule has 2 aromatic carbocycles. The lowest BCUT2D eigenvalue weighted by Gasteiger charge is -2.34. The van der Waals surface area contributed by atoms with E-state index in [1.54, 1.807) is 0 Å². The third-order valence-electron chi connectivity index (χ3n) is 5.87. The van der Waals surface area contributed by atoms with E-state index in [2.05, 4.69) is 45.6 Å². The Balaban J connectivity index is 1.36. The Morgan fingerprint density at radius 1 is 1.04 bits per heavy atom. The van der Waals surface area contributed by atoms with Crippen LogP contribution in [0.2, 0.25) is 0 Å². The summed E-state index contributed by atoms with van der Waals surface area (Å²) in [7, 11) is 0. The third kappa shape index (κ3) is 4.37. The van der Waals surface area contributed by atoms with Gasteiger partial charge in [-0.2, -0.15) is 0 Å². The predicted octanol–water partition coefficient (Wildman–Crippen LogP) is 3.43. The number of nitrogens with zero attached hydrogens (tertiary/aromatic N) is 2. The van der Waals surface area contributed by atoms with Crippen LogP contribution in [0.25, 0.3) is 0 Å². The molecule has 2 heterocycles. The molecule has 0 aromatic heterocycles. The van der Waals surface area contributed by atoms with Crippen LogP contribution in [-0.4, -0.2) is 55.0 Å². The number of carbonyl (C=O) groups is 1. The van der Waals surface area contributed by atoms with Gasteiger partial charge in [0.2, 0.25) is 0 Å². The maximum absolute atomic E-state index is 12.8. The minimum Gasteiger partial charge on any atom is -0.385 e. The highest BCUT2D eigenvalue weighted by Crippen LogP contribution is 2.26. The minimum absolute atomic E-state index is 0.0241. The van der Waals surface area contributed by atoms with Crippen LogP contribution in [0.15, 0.2) is 42.5 Å². The largest absolute Gasteiger partial charge is 0.385 e. The van der Waals surface area contributed by atoms with Crippen molar-refractivity contribution in [2.24, 2.45) is 0 Å². The number of amides is 1. The van der Waals surface area contributed by atoms with Gasteiger partial charge in [-0.15, -0.1) is 0 Å². The average Bonchev–Trinajstić information content (AvgIpc) is 2.75. The summed E-state index contributed by atoms with van der Waals surface area (Å²) in [6, 6.07) is 14.2. The molecule has 0 aliphatic carbocycles. The number of carbonyl (C=O) groups excluding carboxylic acids is 1. The topological polar surface area (TPSA) is 47.6 Å². The molecule has 5 heteroatoms. The summed E-state index contributed by atoms with van der Waals surface area (Å²) in [5.74, 6) is -0.0241. The highest BCUT2D eigenvalue weighted by molar-refractivity contribution is 6.06. The van der Waals surface area contributed by atoms with E-state index in [-0.39, 0.29) is 5.91 Å². The Hall–Kier alpha value is -2.37. The fourth-order valence-electron chi connectivity index (χ4n) is 4.14. The molecule has 2 N–H and O–H groups in total. The van der Waals surface area contributed by atoms with E-state index in [0.29, 0.717) is 0 Å². The van der Waals surface area contributed by atoms with Crippen molar-refractivity contribution >= 4 is 17.3 Å². The predicted molar refractivity (Wildman–Crippen MR) is 115 cm³/mol. The molecule has 0 spiro atoms. The molecule has 0 unspecified atom stereocenters. The normalized spacial score (nSPS) is 17.6. The molecular formula is C23H30N4O. The highest BCUT2D eigenvalue weighted by Gasteiger charge is 2.18. The minimum atomic E-state index is -0.0241. The molecule has 4 rings (SSSR count). The van der Waals surface area contributed by atoms with E-state index in [9.17, 15) is 4.79 Å². The highest BCUT2D eigenvalue weighted by atomic mass is 16.1. The second kappa shape index (κ2) is 8.76. The van der Waals surface area contributed by atoms with Crippen molar-refractivity contribution in [1.29, 1.82) is 0 Å². The molecule has 5 nitrogen and oxygen atoms in total. The van der Waals surface area contributed by atoms with Gasteiger partial charge in [0.05, 0.1) is 0 Å². The Morgan fingerprint density at radius 3 is 2.54 bits per heavy atom. The van der Waals surface area contributed by atoms with Crippen LogP contribution in [0, 0.1) is 0 Å². The number of nitrogens with one attached hydrogen (secondary N) is 2. The van der Waals surface area contributed by atoms with Gasteiger partial charge in [0, 0.05) is 56.2 Å². The van der Waals surface area contributed by atoms with Crippen LogP contribution in [0.4, 0.5) is 11.4 Å². The molecule has 0 atom stereocenters. The van der Waals surface area contributed by atoms with Crippen molar-refractivity contribution in [3.63, 3.8) is 0 Å². The molecule has 0 radical (unpaired) electrons. The van der Waals surface area contributed by atoms with Crippen molar-refractivity contribution in [2.45, 2.75) is 26.3 Å². The number of anilines is 2. The van der Waals surface area contributed by atoms with Gasteiger partial charge in [-0.3, -0.25) is 9.69 Å². The quantitative estimate of drug-likeness (QED) is 0.837. The first kappa shape index (κ1) is 19.0. The van der Waals surface area contributed by atoms with E-state index in [4.69, 9.17) is 0 Å². The van der Waals surface area contributed by atoms with Gasteiger partial charge in [-0.25, -0.2) is 0 Å². The maximum atomic E-state index is 12.8. The lowest BCUT2D eigenvalue weighted by Crippen LogP contribution is -2.45. The molecule has 2 aromatic rings. The fraction of sp³-hybridized carbons (Fsp3) is 0.435. The first-order valence-corrected chi connectivity index (χ1v) is 10.4. The Kier molecular flexibility index (Phi) is 5.93. The van der Waals surface area contributed by atoms with Gasteiger partial charge in [0.25, 0.3) is 5.91 Å². The van der Waals surface area contributed by atoms with Crippen molar-refractivity contribution in [3.8, 4) is 0 Å². The third-order valence-corrected chi connectivity index (χ3v) is 5.87. The molecule has 148 valence electrons. The summed E-state index contributed by atoms with van der Waals surface area (Å²) in [6.45, 7) is 9.88. The smallest absolute Gasteiger partial charge is 0.256 e. The first-order valence-electron chi connectivity index (χ1n) is 10.4. The summed E-state index contributed by atoms with van der Waals surface area (Å²) in [5.41, 5.74) is 5.16. The van der Waals surface area contributed by atoms with Crippen LogP contribution in [0.1, 0.15) is 34.8 Å². The molecule has 2 aliphatic rings. The summed E-state index contributed by atoms with van der Waals surface area (Å²) < 4.78 is 0. The molecule has 1 saturated heterocycles. The van der Waals surface area contributed by atoms with Gasteiger partial charge < -0.3 is 15.5 Å². The zero-order valence-electron chi connectivity index (χ0n) is 16.7. The van der Waals surface area contributed by atoms with Gasteiger partial charge in [0.1, 0.15) is 0 Å². The van der Waals surface area contributed by atoms with Gasteiger partial charge in [-0.05, 0) is 54.8 Å². The van der Waals surface area contributed by atoms with E-state index < -0.39 is 0 Å². The van der Waals surface area contributed by atoms with Crippen molar-refractivity contribution in [3.05, 3.63) is 59.2 Å². The zero-order valence-corrected chi connectivity index (χ0v) is 16.7. The summed E-state index contributed by atoms with van der Waals surface area (Å²) in [6.07, 6.45) is 2.02. The van der Waals surface area contributed by atoms with Gasteiger partial charge in [0.15, 0.2) is 0 Å². The van der Waals surface area contributed by atoms with Crippen LogP contribution >= 0.6 is 0 Å². The van der Waals surface area contributed by atoms with Crippen LogP contribution in [-0.2, 0) is 13.0 Å². The molecule has 1 amide bonds. The van der Waals surface area contributed by atoms with Crippen LogP contribution in [0.5, 0.6) is 0 Å². The Bertz CT molecular complexity index is 810. The van der Waals surface area contributed by atoms with E-state index in [0.717, 1.165) is 81.2 Å². The second-order valence-electron chi connectivity index (χ2n) is 7.72. The number of fused-ring (bicyclic) bond motifs is 1. The Morgan fingerprint density at radius 2 is 1.79 bits per heavy atom. The number of benzene rings is 2. The number of hydrogen-bond donors (Lipinski definition) is 2. The van der Waals surface area contributed by atoms with E-state index in [1.165, 1.54) is 5.56 Å².